The second-order valence-corrected chi connectivity index (χ2v) is 18.9. The molecule has 0 fully saturated rings. The van der Waals surface area contributed by atoms with Gasteiger partial charge in [-0.15, -0.1) is 0 Å². The molecule has 0 aliphatic carbocycles. The van der Waals surface area contributed by atoms with E-state index in [0.29, 0.717) is 0 Å². The molecule has 314 valence electrons. The third kappa shape index (κ3) is 5.57. The van der Waals surface area contributed by atoms with Gasteiger partial charge in [-0.05, 0) is 131 Å². The summed E-state index contributed by atoms with van der Waals surface area (Å²) in [5.41, 5.74) is 14.5. The molecule has 1 aromatic heterocycles. The molecule has 1 aliphatic heterocycles. The number of aromatic nitrogens is 1. The van der Waals surface area contributed by atoms with Crippen LogP contribution in [0.2, 0.25) is 0 Å². The maximum atomic E-state index is 2.56. The van der Waals surface area contributed by atoms with E-state index in [4.69, 9.17) is 0 Å². The Bertz CT molecular complexity index is 4130. The van der Waals surface area contributed by atoms with Crippen LogP contribution >= 0.6 is 0 Å². The van der Waals surface area contributed by atoms with Crippen LogP contribution in [0.1, 0.15) is 25.0 Å². The van der Waals surface area contributed by atoms with E-state index in [0.717, 1.165) is 5.69 Å². The molecule has 2 heteroatoms. The van der Waals surface area contributed by atoms with Crippen molar-refractivity contribution in [3.8, 4) is 27.9 Å². The van der Waals surface area contributed by atoms with Crippen molar-refractivity contribution < 1.29 is 0 Å². The molecule has 1 aliphatic rings. The van der Waals surface area contributed by atoms with Gasteiger partial charge in [0.15, 0.2) is 0 Å². The summed E-state index contributed by atoms with van der Waals surface area (Å²) in [5.74, 6) is 0. The SMILES string of the molecule is CC1(C)c2cc(-c3ccc4c(c3)c3cc5ccccc5cc3n4-c3c4ccccc4c(-c4ccccc4)c4ccccc34)ccc2N(c2ccc3ccccc3c2)c2ccc3ccccc3c21. The lowest BCUT2D eigenvalue weighted by molar-refractivity contribution is 0.638. The van der Waals surface area contributed by atoms with E-state index in [1.54, 1.807) is 0 Å². The van der Waals surface area contributed by atoms with Gasteiger partial charge in [-0.25, -0.2) is 0 Å². The molecule has 14 rings (SSSR count). The highest BCUT2D eigenvalue weighted by atomic mass is 15.2. The summed E-state index contributed by atoms with van der Waals surface area (Å²) < 4.78 is 2.56. The van der Waals surface area contributed by atoms with Gasteiger partial charge in [0.2, 0.25) is 0 Å². The van der Waals surface area contributed by atoms with E-state index in [-0.39, 0.29) is 5.41 Å². The van der Waals surface area contributed by atoms with Crippen LogP contribution in [-0.4, -0.2) is 4.57 Å². The summed E-state index contributed by atoms with van der Waals surface area (Å²) in [6.45, 7) is 4.83. The lowest BCUT2D eigenvalue weighted by atomic mass is 9.71. The van der Waals surface area contributed by atoms with E-state index in [9.17, 15) is 0 Å². The zero-order valence-corrected chi connectivity index (χ0v) is 37.3. The standard InChI is InChI=1S/C65H44N2/c1-65(2)57-39-48(31-34-59(57)66(49-32-28-41-16-6-7-20-44(41)36-49)60-35-29-42-17-10-11-23-50(42)63(60)65)47-30-33-58-55(38-47)56-37-45-21-8-9-22-46(45)40-61(56)67(58)64-53-26-14-12-24-51(53)62(43-18-4-3-5-19-43)52-25-13-15-27-54(52)64/h3-40H,1-2H3. The van der Waals surface area contributed by atoms with Gasteiger partial charge in [-0.2, -0.15) is 0 Å². The van der Waals surface area contributed by atoms with Gasteiger partial charge < -0.3 is 9.47 Å². The topological polar surface area (TPSA) is 8.17 Å². The smallest absolute Gasteiger partial charge is 0.0619 e. The van der Waals surface area contributed by atoms with Crippen LogP contribution in [-0.2, 0) is 5.41 Å². The summed E-state index contributed by atoms with van der Waals surface area (Å²) in [6, 6.07) is 85.9. The van der Waals surface area contributed by atoms with Gasteiger partial charge in [0.25, 0.3) is 0 Å². The first-order chi connectivity index (χ1) is 33.0. The third-order valence-corrected chi connectivity index (χ3v) is 14.8. The number of hydrogen-bond acceptors (Lipinski definition) is 1. The minimum atomic E-state index is -0.290. The van der Waals surface area contributed by atoms with Crippen LogP contribution in [0.3, 0.4) is 0 Å². The van der Waals surface area contributed by atoms with Crippen LogP contribution in [0.5, 0.6) is 0 Å². The predicted octanol–water partition coefficient (Wildman–Crippen LogP) is 18.0. The third-order valence-electron chi connectivity index (χ3n) is 14.8. The largest absolute Gasteiger partial charge is 0.310 e. The molecule has 0 saturated heterocycles. The maximum absolute atomic E-state index is 2.56. The molecular weight excluding hydrogens is 809 g/mol. The second kappa shape index (κ2) is 14.3. The Hall–Kier alpha value is -8.46. The average Bonchev–Trinajstić information content (AvgIpc) is 3.68. The number of fused-ring (bicyclic) bond motifs is 11. The Morgan fingerprint density at radius 3 is 1.60 bits per heavy atom. The van der Waals surface area contributed by atoms with E-state index < -0.39 is 0 Å². The van der Waals surface area contributed by atoms with Gasteiger partial charge in [0, 0.05) is 32.6 Å². The number of anilines is 3. The molecule has 12 aromatic carbocycles. The van der Waals surface area contributed by atoms with Gasteiger partial charge in [-0.3, -0.25) is 0 Å². The molecule has 0 bridgehead atoms. The van der Waals surface area contributed by atoms with Crippen LogP contribution in [0.15, 0.2) is 231 Å². The molecule has 0 atom stereocenters. The van der Waals surface area contributed by atoms with E-state index in [1.165, 1.54) is 126 Å². The highest BCUT2D eigenvalue weighted by Gasteiger charge is 2.38. The first-order valence-electron chi connectivity index (χ1n) is 23.4. The molecule has 0 N–H and O–H groups in total. The van der Waals surface area contributed by atoms with Crippen molar-refractivity contribution in [2.45, 2.75) is 19.3 Å². The molecule has 0 amide bonds. The lowest BCUT2D eigenvalue weighted by Gasteiger charge is -2.43. The maximum Gasteiger partial charge on any atom is 0.0619 e. The summed E-state index contributed by atoms with van der Waals surface area (Å²) in [7, 11) is 0. The van der Waals surface area contributed by atoms with Gasteiger partial charge in [0.1, 0.15) is 0 Å². The van der Waals surface area contributed by atoms with Gasteiger partial charge >= 0.3 is 0 Å². The fraction of sp³-hybridized carbons (Fsp3) is 0.0462. The van der Waals surface area contributed by atoms with Gasteiger partial charge in [-0.1, -0.05) is 190 Å². The van der Waals surface area contributed by atoms with Crippen LogP contribution in [0.4, 0.5) is 17.1 Å². The monoisotopic (exact) mass is 852 g/mol. The molecule has 0 radical (unpaired) electrons. The van der Waals surface area contributed by atoms with Crippen LogP contribution in [0.25, 0.3) is 104 Å². The molecule has 67 heavy (non-hydrogen) atoms. The molecule has 13 aromatic rings. The quantitative estimate of drug-likeness (QED) is 0.160. The summed E-state index contributed by atoms with van der Waals surface area (Å²) >= 11 is 0. The molecular formula is C65H44N2. The zero-order valence-electron chi connectivity index (χ0n) is 37.3. The van der Waals surface area contributed by atoms with Crippen molar-refractivity contribution in [2.75, 3.05) is 4.90 Å². The minimum Gasteiger partial charge on any atom is -0.310 e. The second-order valence-electron chi connectivity index (χ2n) is 18.9. The summed E-state index contributed by atoms with van der Waals surface area (Å²) in [4.78, 5) is 2.50. The Morgan fingerprint density at radius 1 is 0.328 bits per heavy atom. The highest BCUT2D eigenvalue weighted by Crippen LogP contribution is 2.55. The van der Waals surface area contributed by atoms with Crippen molar-refractivity contribution in [1.82, 2.24) is 4.57 Å². The molecule has 0 unspecified atom stereocenters. The van der Waals surface area contributed by atoms with Crippen LogP contribution < -0.4 is 4.90 Å². The van der Waals surface area contributed by atoms with E-state index in [1.807, 2.05) is 0 Å². The first-order valence-corrected chi connectivity index (χ1v) is 23.4. The Balaban J connectivity index is 1.02. The van der Waals surface area contributed by atoms with Crippen molar-refractivity contribution in [2.24, 2.45) is 0 Å². The summed E-state index contributed by atoms with van der Waals surface area (Å²) in [6.07, 6.45) is 0. The van der Waals surface area contributed by atoms with Crippen molar-refractivity contribution in [3.05, 3.63) is 242 Å². The molecule has 0 spiro atoms. The number of rotatable bonds is 4. The summed E-state index contributed by atoms with van der Waals surface area (Å²) in [5, 5.41) is 15.0. The fourth-order valence-corrected chi connectivity index (χ4v) is 11.8. The zero-order chi connectivity index (χ0) is 44.4. The van der Waals surface area contributed by atoms with Crippen molar-refractivity contribution in [3.63, 3.8) is 0 Å². The molecule has 2 nitrogen and oxygen atoms in total. The lowest BCUT2D eigenvalue weighted by Crippen LogP contribution is -2.31. The Morgan fingerprint density at radius 2 is 0.866 bits per heavy atom. The average molecular weight is 853 g/mol. The predicted molar refractivity (Wildman–Crippen MR) is 286 cm³/mol. The fourth-order valence-electron chi connectivity index (χ4n) is 11.8. The number of hydrogen-bond donors (Lipinski definition) is 0. The number of nitrogens with zero attached hydrogens (tertiary/aromatic N) is 2. The van der Waals surface area contributed by atoms with E-state index in [2.05, 4.69) is 254 Å². The number of benzene rings is 12. The highest BCUT2D eigenvalue weighted by molar-refractivity contribution is 6.22. The van der Waals surface area contributed by atoms with Crippen LogP contribution in [0, 0.1) is 0 Å². The first kappa shape index (κ1) is 37.9. The molecule has 0 saturated carbocycles. The van der Waals surface area contributed by atoms with Gasteiger partial charge in [0.05, 0.1) is 28.1 Å². The van der Waals surface area contributed by atoms with E-state index >= 15 is 0 Å². The minimum absolute atomic E-state index is 0.290. The normalized spacial score (nSPS) is 13.3. The van der Waals surface area contributed by atoms with Crippen molar-refractivity contribution in [1.29, 1.82) is 0 Å². The van der Waals surface area contributed by atoms with Crippen molar-refractivity contribution >= 4 is 92.7 Å². The molecule has 2 heterocycles. The Labute approximate surface area is 389 Å². The Kier molecular flexibility index (Phi) is 8.06.